The Morgan fingerprint density at radius 3 is 2.44 bits per heavy atom. The Balaban J connectivity index is 1.73. The number of aromatic hydroxyl groups is 2. The second kappa shape index (κ2) is 12.5. The summed E-state index contributed by atoms with van der Waals surface area (Å²) in [4.78, 5) is 16.7. The molecule has 2 aromatic rings. The number of carbonyl (C=O) groups excluding carboxylic acids is 1. The second-order valence-corrected chi connectivity index (χ2v) is 10.5. The molecule has 1 saturated heterocycles. The van der Waals surface area contributed by atoms with Crippen molar-refractivity contribution in [2.75, 3.05) is 44.3 Å². The fraction of sp³-hybridized carbons (Fsp3) is 0.483. The zero-order chi connectivity index (χ0) is 28.1. The lowest BCUT2D eigenvalue weighted by atomic mass is 9.97. The van der Waals surface area contributed by atoms with Crippen LogP contribution >= 0.6 is 0 Å². The standard InChI is InChI=1S/C29H40N6O4/c1-4-5-21(30)16-20-6-8-22(9-7-20)35-28(27(31)38)32-34(11-10-33-12-14-39-15-13-33)29(35)24-17-23(19(2)3)25(36)18-26(24)37/h6-9,17-19,29-30,36-37H,4-5,10-16H2,1-3H3,(H2,31,38). The second-order valence-electron chi connectivity index (χ2n) is 10.5. The average molecular weight is 537 g/mol. The van der Waals surface area contributed by atoms with Gasteiger partial charge in [0, 0.05) is 49.1 Å². The molecule has 2 aliphatic rings. The number of anilines is 1. The van der Waals surface area contributed by atoms with E-state index >= 15 is 0 Å². The smallest absolute Gasteiger partial charge is 0.286 e. The third-order valence-corrected chi connectivity index (χ3v) is 7.21. The molecular formula is C29H40N6O4. The fourth-order valence-electron chi connectivity index (χ4n) is 5.14. The molecule has 0 spiro atoms. The van der Waals surface area contributed by atoms with E-state index in [4.69, 9.17) is 15.9 Å². The van der Waals surface area contributed by atoms with Crippen LogP contribution in [0, 0.1) is 5.41 Å². The number of ether oxygens (including phenoxy) is 1. The highest BCUT2D eigenvalue weighted by molar-refractivity contribution is 6.43. The van der Waals surface area contributed by atoms with Gasteiger partial charge in [-0.05, 0) is 41.7 Å². The quantitative estimate of drug-likeness (QED) is 0.322. The monoisotopic (exact) mass is 536 g/mol. The van der Waals surface area contributed by atoms with Crippen molar-refractivity contribution in [3.05, 3.63) is 53.1 Å². The number of benzene rings is 2. The summed E-state index contributed by atoms with van der Waals surface area (Å²) in [6.07, 6.45) is 1.59. The fourth-order valence-corrected chi connectivity index (χ4v) is 5.14. The van der Waals surface area contributed by atoms with E-state index in [1.165, 1.54) is 6.07 Å². The van der Waals surface area contributed by atoms with Gasteiger partial charge in [0.05, 0.1) is 19.8 Å². The number of carbonyl (C=O) groups is 1. The van der Waals surface area contributed by atoms with E-state index in [2.05, 4.69) is 16.9 Å². The number of hydrogen-bond acceptors (Lipinski definition) is 9. The van der Waals surface area contributed by atoms with E-state index in [9.17, 15) is 15.0 Å². The van der Waals surface area contributed by atoms with Crippen LogP contribution in [-0.2, 0) is 16.0 Å². The highest BCUT2D eigenvalue weighted by Gasteiger charge is 2.40. The van der Waals surface area contributed by atoms with Gasteiger partial charge in [0.25, 0.3) is 5.91 Å². The molecule has 0 bridgehead atoms. The summed E-state index contributed by atoms with van der Waals surface area (Å²) in [7, 11) is 0. The van der Waals surface area contributed by atoms with Crippen LogP contribution in [0.3, 0.4) is 0 Å². The van der Waals surface area contributed by atoms with Crippen LogP contribution in [0.15, 0.2) is 41.5 Å². The van der Waals surface area contributed by atoms with E-state index in [0.717, 1.165) is 31.5 Å². The first kappa shape index (κ1) is 28.4. The molecule has 2 aromatic carbocycles. The number of phenols is 2. The average Bonchev–Trinajstić information content (AvgIpc) is 3.28. The number of phenolic OH excluding ortho intramolecular Hbond substituents is 2. The van der Waals surface area contributed by atoms with Crippen molar-refractivity contribution in [3.8, 4) is 11.5 Å². The van der Waals surface area contributed by atoms with Crippen LogP contribution in [-0.4, -0.2) is 77.0 Å². The molecule has 0 saturated carbocycles. The Hall–Kier alpha value is -3.63. The lowest BCUT2D eigenvalue weighted by molar-refractivity contribution is -0.112. The van der Waals surface area contributed by atoms with Crippen molar-refractivity contribution < 1.29 is 19.7 Å². The Labute approximate surface area is 230 Å². The van der Waals surface area contributed by atoms with Crippen LogP contribution in [0.2, 0.25) is 0 Å². The summed E-state index contributed by atoms with van der Waals surface area (Å²) < 4.78 is 5.47. The van der Waals surface area contributed by atoms with Gasteiger partial charge >= 0.3 is 0 Å². The zero-order valence-electron chi connectivity index (χ0n) is 23.1. The molecule has 2 heterocycles. The lowest BCUT2D eigenvalue weighted by Gasteiger charge is -2.34. The van der Waals surface area contributed by atoms with Gasteiger partial charge in [-0.25, -0.2) is 0 Å². The lowest BCUT2D eigenvalue weighted by Crippen LogP contribution is -2.43. The summed E-state index contributed by atoms with van der Waals surface area (Å²) in [5, 5.41) is 36.2. The number of nitrogens with two attached hydrogens (primary N) is 1. The maximum absolute atomic E-state index is 12.7. The predicted molar refractivity (Wildman–Crippen MR) is 152 cm³/mol. The minimum Gasteiger partial charge on any atom is -0.508 e. The van der Waals surface area contributed by atoms with Crippen LogP contribution in [0.4, 0.5) is 5.69 Å². The molecular weight excluding hydrogens is 496 g/mol. The maximum atomic E-state index is 12.7. The molecule has 0 aromatic heterocycles. The number of hydrogen-bond donors (Lipinski definition) is 4. The Bertz CT molecular complexity index is 1210. The summed E-state index contributed by atoms with van der Waals surface area (Å²) >= 11 is 0. The maximum Gasteiger partial charge on any atom is 0.286 e. The van der Waals surface area contributed by atoms with Gasteiger partial charge in [0.2, 0.25) is 5.84 Å². The van der Waals surface area contributed by atoms with E-state index in [1.807, 2.05) is 38.1 Å². The van der Waals surface area contributed by atoms with E-state index < -0.39 is 12.1 Å². The number of nitrogens with zero attached hydrogens (tertiary/aromatic N) is 4. The number of rotatable bonds is 11. The third-order valence-electron chi connectivity index (χ3n) is 7.21. The molecule has 2 aliphatic heterocycles. The predicted octanol–water partition coefficient (Wildman–Crippen LogP) is 3.54. The minimum atomic E-state index is -0.676. The van der Waals surface area contributed by atoms with Gasteiger partial charge in [0.1, 0.15) is 11.5 Å². The number of primary amides is 1. The molecule has 1 unspecified atom stereocenters. The summed E-state index contributed by atoms with van der Waals surface area (Å²) in [5.41, 5.74) is 9.42. The summed E-state index contributed by atoms with van der Waals surface area (Å²) in [6, 6.07) is 10.8. The molecule has 5 N–H and O–H groups in total. The van der Waals surface area contributed by atoms with Gasteiger partial charge < -0.3 is 26.1 Å². The first-order valence-corrected chi connectivity index (χ1v) is 13.6. The molecule has 0 aliphatic carbocycles. The van der Waals surface area contributed by atoms with Crippen molar-refractivity contribution in [1.29, 1.82) is 5.41 Å². The van der Waals surface area contributed by atoms with Gasteiger partial charge in [-0.15, -0.1) is 0 Å². The molecule has 10 nitrogen and oxygen atoms in total. The number of hydrazone groups is 1. The highest BCUT2D eigenvalue weighted by atomic mass is 16.5. The van der Waals surface area contributed by atoms with Crippen molar-refractivity contribution in [1.82, 2.24) is 9.91 Å². The number of morpholine rings is 1. The molecule has 1 amide bonds. The van der Waals surface area contributed by atoms with Gasteiger partial charge in [-0.1, -0.05) is 39.3 Å². The van der Waals surface area contributed by atoms with Crippen LogP contribution < -0.4 is 10.6 Å². The number of nitrogens with one attached hydrogen (secondary N) is 1. The zero-order valence-corrected chi connectivity index (χ0v) is 23.1. The van der Waals surface area contributed by atoms with Crippen LogP contribution in [0.25, 0.3) is 0 Å². The molecule has 10 heteroatoms. The number of amidine groups is 1. The van der Waals surface area contributed by atoms with E-state index in [0.29, 0.717) is 55.3 Å². The Kier molecular flexibility index (Phi) is 9.08. The molecule has 4 rings (SSSR count). The molecule has 1 fully saturated rings. The molecule has 1 atom stereocenters. The normalized spacial score (nSPS) is 18.1. The van der Waals surface area contributed by atoms with Crippen molar-refractivity contribution in [2.24, 2.45) is 10.8 Å². The van der Waals surface area contributed by atoms with E-state index in [1.54, 1.807) is 16.0 Å². The highest BCUT2D eigenvalue weighted by Crippen LogP contribution is 2.42. The van der Waals surface area contributed by atoms with Crippen molar-refractivity contribution in [3.63, 3.8) is 0 Å². The Morgan fingerprint density at radius 2 is 1.82 bits per heavy atom. The van der Waals surface area contributed by atoms with Gasteiger partial charge in [-0.2, -0.15) is 5.10 Å². The van der Waals surface area contributed by atoms with E-state index in [-0.39, 0.29) is 23.3 Å². The summed E-state index contributed by atoms with van der Waals surface area (Å²) in [6.45, 7) is 10.1. The van der Waals surface area contributed by atoms with Crippen LogP contribution in [0.1, 0.15) is 62.4 Å². The first-order valence-electron chi connectivity index (χ1n) is 13.6. The molecule has 210 valence electrons. The molecule has 39 heavy (non-hydrogen) atoms. The Morgan fingerprint density at radius 1 is 1.13 bits per heavy atom. The third kappa shape index (κ3) is 6.51. The largest absolute Gasteiger partial charge is 0.508 e. The van der Waals surface area contributed by atoms with Crippen molar-refractivity contribution in [2.45, 2.75) is 52.1 Å². The SMILES string of the molecule is CCCC(=N)Cc1ccc(N2C(C(N)=O)=NN(CCN3CCOCC3)C2c2cc(C(C)C)c(O)cc2O)cc1. The van der Waals surface area contributed by atoms with Gasteiger partial charge in [-0.3, -0.25) is 19.6 Å². The van der Waals surface area contributed by atoms with Crippen LogP contribution in [0.5, 0.6) is 11.5 Å². The van der Waals surface area contributed by atoms with Crippen molar-refractivity contribution >= 4 is 23.1 Å². The minimum absolute atomic E-state index is 0.00949. The van der Waals surface area contributed by atoms with Gasteiger partial charge in [0.15, 0.2) is 6.17 Å². The first-order chi connectivity index (χ1) is 18.7. The molecule has 0 radical (unpaired) electrons. The summed E-state index contributed by atoms with van der Waals surface area (Å²) in [5.74, 6) is -0.660. The topological polar surface area (TPSA) is 139 Å². The number of amides is 1.